The van der Waals surface area contributed by atoms with Crippen molar-refractivity contribution in [2.45, 2.75) is 9.79 Å². The number of aliphatic imine (C=N–C) groups is 2. The normalized spacial score (nSPS) is 14.0. The molecule has 0 heterocycles. The molecule has 0 aliphatic heterocycles. The molecule has 4 rings (SSSR count). The van der Waals surface area contributed by atoms with Crippen molar-refractivity contribution in [3.63, 3.8) is 0 Å². The van der Waals surface area contributed by atoms with Gasteiger partial charge in [-0.1, -0.05) is 36.4 Å². The monoisotopic (exact) mass is 615 g/mol. The molecule has 0 aromatic heterocycles. The molecule has 4 aromatic rings. The molecule has 6 N–H and O–H groups in total. The van der Waals surface area contributed by atoms with Crippen LogP contribution in [0.25, 0.3) is 0 Å². The molecule has 0 spiro atoms. The molecule has 4 aromatic carbocycles. The molecule has 2 unspecified atom stereocenters. The zero-order valence-electron chi connectivity index (χ0n) is 20.0. The number of hydrogen-bond donors (Lipinski definition) is 0. The second-order valence-corrected chi connectivity index (χ2v) is 10.5. The summed E-state index contributed by atoms with van der Waals surface area (Å²) in [5, 5.41) is 15.4. The summed E-state index contributed by atoms with van der Waals surface area (Å²) in [4.78, 5) is 7.75. The van der Waals surface area contributed by atoms with E-state index in [0.29, 0.717) is 11.1 Å². The minimum atomic E-state index is -4.27. The third-order valence-electron chi connectivity index (χ3n) is 4.86. The van der Waals surface area contributed by atoms with E-state index in [-0.39, 0.29) is 38.1 Å². The summed E-state index contributed by atoms with van der Waals surface area (Å²) >= 11 is 0. The summed E-state index contributed by atoms with van der Waals surface area (Å²) in [6.45, 7) is 0. The van der Waals surface area contributed by atoms with Crippen molar-refractivity contribution >= 4 is 44.0 Å². The van der Waals surface area contributed by atoms with E-state index in [1.54, 1.807) is 0 Å². The third-order valence-corrected chi connectivity index (χ3v) is 6.56. The standard InChI is InChI=1S/2C13H11NO4S.Co/c2*15-13-8-12(19(16,17)18)7-6-10(13)9-14-11-4-2-1-3-5-11;/h2*1-9,15H,(H,16,17,18);/q;;+2/p+2. The minimum Gasteiger partial charge on any atom is -0.702 e. The van der Waals surface area contributed by atoms with E-state index in [2.05, 4.69) is 9.98 Å². The second-order valence-electron chi connectivity index (χ2n) is 7.64. The first-order valence-electron chi connectivity index (χ1n) is 10.8. The smallest absolute Gasteiger partial charge is 0.702 e. The first-order valence-corrected chi connectivity index (χ1v) is 13.7. The summed E-state index contributed by atoms with van der Waals surface area (Å²) < 4.78 is 61.4. The molecule has 0 fully saturated rings. The van der Waals surface area contributed by atoms with Gasteiger partial charge in [-0.05, 0) is 48.5 Å². The van der Waals surface area contributed by atoms with Gasteiger partial charge in [0.05, 0.1) is 34.6 Å². The Morgan fingerprint density at radius 1 is 0.615 bits per heavy atom. The first-order chi connectivity index (χ1) is 17.9. The Morgan fingerprint density at radius 3 is 1.23 bits per heavy atom. The van der Waals surface area contributed by atoms with E-state index in [0.717, 1.165) is 23.5 Å². The molecule has 203 valence electrons. The van der Waals surface area contributed by atoms with Crippen molar-refractivity contribution in [2.75, 3.05) is 0 Å². The van der Waals surface area contributed by atoms with Gasteiger partial charge in [-0.3, -0.25) is 9.98 Å². The number of rotatable bonds is 6. The predicted octanol–water partition coefficient (Wildman–Crippen LogP) is 3.87. The Morgan fingerprint density at radius 2 is 0.949 bits per heavy atom. The van der Waals surface area contributed by atoms with Gasteiger partial charge in [0.25, 0.3) is 31.7 Å². The van der Waals surface area contributed by atoms with Crippen molar-refractivity contribution in [2.24, 2.45) is 9.98 Å². The molecule has 0 saturated heterocycles. The maximum atomic E-state index is 10.9. The van der Waals surface area contributed by atoms with Gasteiger partial charge < -0.3 is 19.3 Å². The average Bonchev–Trinajstić information content (AvgIpc) is 2.88. The minimum absolute atomic E-state index is 0. The molecule has 0 saturated carbocycles. The van der Waals surface area contributed by atoms with Crippen LogP contribution in [-0.2, 0) is 37.0 Å². The maximum Gasteiger partial charge on any atom is 2.00 e. The van der Waals surface area contributed by atoms with Crippen LogP contribution >= 0.6 is 0 Å². The Bertz CT molecular complexity index is 1550. The molecule has 0 aliphatic carbocycles. The number of para-hydroxylation sites is 2. The molecule has 1 radical (unpaired) electrons. The van der Waals surface area contributed by atoms with Gasteiger partial charge in [-0.2, -0.15) is 8.42 Å². The number of nitrogens with zero attached hydrogens (tertiary/aromatic N) is 2. The van der Waals surface area contributed by atoms with Crippen molar-refractivity contribution < 1.29 is 52.9 Å². The van der Waals surface area contributed by atoms with Crippen LogP contribution in [0.1, 0.15) is 11.1 Å². The summed E-state index contributed by atoms with van der Waals surface area (Å²) in [6.07, 6.45) is 2.96. The zero-order valence-corrected chi connectivity index (χ0v) is 22.6. The van der Waals surface area contributed by atoms with Crippen LogP contribution in [0.5, 0.6) is 11.5 Å². The topological polar surface area (TPSA) is 194 Å². The van der Waals surface area contributed by atoms with Gasteiger partial charge in [0.15, 0.2) is 0 Å². The Kier molecular flexibility index (Phi) is 11.1. The van der Waals surface area contributed by atoms with Crippen molar-refractivity contribution in [3.05, 3.63) is 108 Å². The van der Waals surface area contributed by atoms with E-state index < -0.39 is 20.2 Å². The van der Waals surface area contributed by atoms with Crippen molar-refractivity contribution in [1.29, 1.82) is 0 Å². The fraction of sp³-hybridized carbons (Fsp3) is 0. The summed E-state index contributed by atoms with van der Waals surface area (Å²) in [5.41, 5.74) is 2.41. The van der Waals surface area contributed by atoms with Crippen LogP contribution in [0.2, 0.25) is 0 Å². The summed E-state index contributed by atoms with van der Waals surface area (Å²) in [5.74, 6) is -0.0374. The first kappa shape index (κ1) is 31.4. The van der Waals surface area contributed by atoms with Crippen LogP contribution in [0.4, 0.5) is 11.4 Å². The van der Waals surface area contributed by atoms with Crippen LogP contribution in [-0.4, -0.2) is 48.6 Å². The summed E-state index contributed by atoms with van der Waals surface area (Å²) in [7, 11) is -8.55. The van der Waals surface area contributed by atoms with Gasteiger partial charge in [0, 0.05) is 12.4 Å². The molecule has 39 heavy (non-hydrogen) atoms. The SMILES string of the molecule is O=S([O-])(=[OH+])c1ccc(C=Nc2ccccc2)c([OH2+])c1.O=S([O-])(=[OH+])c1ccc(C=Nc2ccccc2)c([OH2+])c1.[Co+2]. The quantitative estimate of drug-likeness (QED) is 0.181. The van der Waals surface area contributed by atoms with Gasteiger partial charge in [-0.25, -0.2) is 8.42 Å². The summed E-state index contributed by atoms with van der Waals surface area (Å²) in [6, 6.07) is 25.9. The largest absolute Gasteiger partial charge is 2.00 e. The molecule has 0 amide bonds. The van der Waals surface area contributed by atoms with E-state index in [1.807, 2.05) is 60.7 Å². The fourth-order valence-electron chi connectivity index (χ4n) is 2.93. The predicted molar refractivity (Wildman–Crippen MR) is 145 cm³/mol. The third kappa shape index (κ3) is 9.75. The zero-order chi connectivity index (χ0) is 27.8. The van der Waals surface area contributed by atoms with Gasteiger partial charge >= 0.3 is 16.8 Å². The van der Waals surface area contributed by atoms with Crippen LogP contribution in [0.15, 0.2) is 117 Å². The van der Waals surface area contributed by atoms with E-state index in [4.69, 9.17) is 18.6 Å². The number of benzene rings is 4. The molecule has 0 bridgehead atoms. The van der Waals surface area contributed by atoms with Gasteiger partial charge in [-0.15, -0.1) is 0 Å². The number of hydrogen-bond acceptors (Lipinski definition) is 6. The Labute approximate surface area is 235 Å². The average molecular weight is 616 g/mol. The molecular weight excluding hydrogens is 591 g/mol. The van der Waals surface area contributed by atoms with Crippen molar-refractivity contribution in [3.8, 4) is 11.5 Å². The van der Waals surface area contributed by atoms with Crippen molar-refractivity contribution in [1.82, 2.24) is 0 Å². The molecular formula is C26H24CoN2O8S2+4. The Balaban J connectivity index is 0.000000267. The molecule has 2 atom stereocenters. The maximum absolute atomic E-state index is 10.9. The van der Waals surface area contributed by atoms with E-state index in [1.165, 1.54) is 36.7 Å². The Hall–Kier alpha value is -3.85. The van der Waals surface area contributed by atoms with Crippen LogP contribution in [0, 0.1) is 0 Å². The van der Waals surface area contributed by atoms with Gasteiger partial charge in [0.2, 0.25) is 0 Å². The molecule has 0 aliphatic rings. The fourth-order valence-corrected chi connectivity index (χ4v) is 3.95. The van der Waals surface area contributed by atoms with Crippen LogP contribution in [0.3, 0.4) is 0 Å². The van der Waals surface area contributed by atoms with E-state index in [9.17, 15) is 17.5 Å². The van der Waals surface area contributed by atoms with E-state index >= 15 is 0 Å². The van der Waals surface area contributed by atoms with Gasteiger partial charge in [0.1, 0.15) is 9.79 Å². The van der Waals surface area contributed by atoms with Crippen LogP contribution < -0.4 is 0 Å². The molecule has 10 nitrogen and oxygen atoms in total. The second kappa shape index (κ2) is 13.8. The molecule has 13 heteroatoms.